The molecule has 2 aromatic rings. The molecular weight excluding hydrogens is 228 g/mol. The quantitative estimate of drug-likeness (QED) is 0.834. The van der Waals surface area contributed by atoms with E-state index in [9.17, 15) is 0 Å². The third-order valence-electron chi connectivity index (χ3n) is 2.88. The van der Waals surface area contributed by atoms with Crippen LogP contribution in [0.15, 0.2) is 35.7 Å². The molecule has 0 aliphatic rings. The van der Waals surface area contributed by atoms with Gasteiger partial charge in [0.15, 0.2) is 0 Å². The zero-order valence-corrected chi connectivity index (χ0v) is 11.1. The number of anilines is 2. The van der Waals surface area contributed by atoms with E-state index in [1.807, 2.05) is 6.07 Å². The summed E-state index contributed by atoms with van der Waals surface area (Å²) in [6, 6.07) is 10.4. The Labute approximate surface area is 107 Å². The fourth-order valence-electron chi connectivity index (χ4n) is 1.93. The first-order valence-electron chi connectivity index (χ1n) is 5.84. The third kappa shape index (κ3) is 2.80. The van der Waals surface area contributed by atoms with Gasteiger partial charge in [0.25, 0.3) is 0 Å². The van der Waals surface area contributed by atoms with Crippen molar-refractivity contribution in [3.63, 3.8) is 0 Å². The summed E-state index contributed by atoms with van der Waals surface area (Å²) in [5.74, 6) is 0. The van der Waals surface area contributed by atoms with E-state index < -0.39 is 0 Å². The number of hydrogen-bond acceptors (Lipinski definition) is 3. The summed E-state index contributed by atoms with van der Waals surface area (Å²) in [6.07, 6.45) is 0. The molecule has 90 valence electrons. The van der Waals surface area contributed by atoms with Gasteiger partial charge in [0.2, 0.25) is 0 Å². The maximum absolute atomic E-state index is 5.87. The highest BCUT2D eigenvalue weighted by Gasteiger charge is 2.09. The maximum Gasteiger partial charge on any atom is 0.0522 e. The molecule has 17 heavy (non-hydrogen) atoms. The summed E-state index contributed by atoms with van der Waals surface area (Å²) in [7, 11) is 0. The molecule has 0 spiro atoms. The summed E-state index contributed by atoms with van der Waals surface area (Å²) >= 11 is 1.80. The first-order valence-corrected chi connectivity index (χ1v) is 6.72. The smallest absolute Gasteiger partial charge is 0.0522 e. The van der Waals surface area contributed by atoms with Crippen LogP contribution in [0.25, 0.3) is 0 Å². The Morgan fingerprint density at radius 1 is 1.29 bits per heavy atom. The van der Waals surface area contributed by atoms with Gasteiger partial charge in [-0.15, -0.1) is 11.3 Å². The molecule has 2 nitrogen and oxygen atoms in total. The number of thiophene rings is 1. The monoisotopic (exact) mass is 246 g/mol. The van der Waals surface area contributed by atoms with Crippen molar-refractivity contribution < 1.29 is 0 Å². The normalized spacial score (nSPS) is 10.5. The average molecular weight is 246 g/mol. The highest BCUT2D eigenvalue weighted by molar-refractivity contribution is 7.09. The Morgan fingerprint density at radius 3 is 2.76 bits per heavy atom. The minimum Gasteiger partial charge on any atom is -0.399 e. The molecule has 0 aliphatic carbocycles. The SMILES string of the molecule is CCN(Cc1cccs1)c1cc(N)ccc1C. The van der Waals surface area contributed by atoms with Gasteiger partial charge in [-0.05, 0) is 43.0 Å². The first kappa shape index (κ1) is 12.0. The molecular formula is C14H18N2S. The van der Waals surface area contributed by atoms with Crippen molar-refractivity contribution in [3.05, 3.63) is 46.2 Å². The molecule has 0 radical (unpaired) electrons. The maximum atomic E-state index is 5.87. The van der Waals surface area contributed by atoms with Gasteiger partial charge in [-0.3, -0.25) is 0 Å². The molecule has 0 aliphatic heterocycles. The van der Waals surface area contributed by atoms with Crippen molar-refractivity contribution in [2.24, 2.45) is 0 Å². The summed E-state index contributed by atoms with van der Waals surface area (Å²) in [4.78, 5) is 3.74. The highest BCUT2D eigenvalue weighted by Crippen LogP contribution is 2.25. The minimum atomic E-state index is 0.829. The highest BCUT2D eigenvalue weighted by atomic mass is 32.1. The zero-order chi connectivity index (χ0) is 12.3. The molecule has 2 rings (SSSR count). The van der Waals surface area contributed by atoms with Crippen molar-refractivity contribution in [1.82, 2.24) is 0 Å². The molecule has 0 amide bonds. The van der Waals surface area contributed by atoms with Gasteiger partial charge in [0.1, 0.15) is 0 Å². The molecule has 0 atom stereocenters. The Balaban J connectivity index is 2.25. The lowest BCUT2D eigenvalue weighted by Gasteiger charge is -2.24. The lowest BCUT2D eigenvalue weighted by Crippen LogP contribution is -2.22. The van der Waals surface area contributed by atoms with E-state index in [1.165, 1.54) is 16.1 Å². The number of nitrogens with zero attached hydrogens (tertiary/aromatic N) is 1. The van der Waals surface area contributed by atoms with E-state index in [1.54, 1.807) is 11.3 Å². The van der Waals surface area contributed by atoms with Crippen LogP contribution in [-0.2, 0) is 6.54 Å². The number of rotatable bonds is 4. The molecule has 1 aromatic heterocycles. The minimum absolute atomic E-state index is 0.829. The Kier molecular flexibility index (Phi) is 3.69. The van der Waals surface area contributed by atoms with Crippen molar-refractivity contribution in [2.45, 2.75) is 20.4 Å². The van der Waals surface area contributed by atoms with Crippen LogP contribution < -0.4 is 10.6 Å². The van der Waals surface area contributed by atoms with Gasteiger partial charge >= 0.3 is 0 Å². The Hall–Kier alpha value is -1.48. The van der Waals surface area contributed by atoms with Gasteiger partial charge in [0.05, 0.1) is 6.54 Å². The molecule has 0 unspecified atom stereocenters. The number of aryl methyl sites for hydroxylation is 1. The Morgan fingerprint density at radius 2 is 2.12 bits per heavy atom. The van der Waals surface area contributed by atoms with Crippen LogP contribution in [0, 0.1) is 6.92 Å². The third-order valence-corrected chi connectivity index (χ3v) is 3.74. The van der Waals surface area contributed by atoms with E-state index in [4.69, 9.17) is 5.73 Å². The van der Waals surface area contributed by atoms with Crippen molar-refractivity contribution in [1.29, 1.82) is 0 Å². The molecule has 1 heterocycles. The first-order chi connectivity index (χ1) is 8.20. The van der Waals surface area contributed by atoms with Gasteiger partial charge in [-0.1, -0.05) is 12.1 Å². The molecule has 0 fully saturated rings. The lowest BCUT2D eigenvalue weighted by atomic mass is 10.1. The van der Waals surface area contributed by atoms with E-state index >= 15 is 0 Å². The molecule has 0 bridgehead atoms. The van der Waals surface area contributed by atoms with Crippen LogP contribution in [0.3, 0.4) is 0 Å². The van der Waals surface area contributed by atoms with Gasteiger partial charge in [-0.25, -0.2) is 0 Å². The Bertz CT molecular complexity index is 477. The van der Waals surface area contributed by atoms with Crippen LogP contribution in [-0.4, -0.2) is 6.54 Å². The number of nitrogens with two attached hydrogens (primary N) is 1. The topological polar surface area (TPSA) is 29.3 Å². The second-order valence-corrected chi connectivity index (χ2v) is 5.17. The van der Waals surface area contributed by atoms with Gasteiger partial charge in [0, 0.05) is 22.8 Å². The van der Waals surface area contributed by atoms with Crippen molar-refractivity contribution in [2.75, 3.05) is 17.2 Å². The largest absolute Gasteiger partial charge is 0.399 e. The number of hydrogen-bond donors (Lipinski definition) is 1. The summed E-state index contributed by atoms with van der Waals surface area (Å²) in [5.41, 5.74) is 9.21. The average Bonchev–Trinajstić information content (AvgIpc) is 2.82. The molecule has 3 heteroatoms. The fourth-order valence-corrected chi connectivity index (χ4v) is 2.64. The van der Waals surface area contributed by atoms with Crippen LogP contribution >= 0.6 is 11.3 Å². The predicted octanol–water partition coefficient (Wildman–Crippen LogP) is 3.67. The number of nitrogen functional groups attached to an aromatic ring is 1. The standard InChI is InChI=1S/C14H18N2S/c1-3-16(10-13-5-4-8-17-13)14-9-12(15)7-6-11(14)2/h4-9H,3,10,15H2,1-2H3. The van der Waals surface area contributed by atoms with Crippen LogP contribution in [0.2, 0.25) is 0 Å². The molecule has 1 aromatic carbocycles. The fraction of sp³-hybridized carbons (Fsp3) is 0.286. The van der Waals surface area contributed by atoms with Crippen LogP contribution in [0.1, 0.15) is 17.4 Å². The second-order valence-electron chi connectivity index (χ2n) is 4.14. The van der Waals surface area contributed by atoms with Gasteiger partial charge in [-0.2, -0.15) is 0 Å². The lowest BCUT2D eigenvalue weighted by molar-refractivity contribution is 0.838. The second kappa shape index (κ2) is 5.23. The molecule has 2 N–H and O–H groups in total. The van der Waals surface area contributed by atoms with Gasteiger partial charge < -0.3 is 10.6 Å². The van der Waals surface area contributed by atoms with E-state index in [-0.39, 0.29) is 0 Å². The summed E-state index contributed by atoms with van der Waals surface area (Å²) in [6.45, 7) is 6.25. The zero-order valence-electron chi connectivity index (χ0n) is 10.3. The van der Waals surface area contributed by atoms with Crippen LogP contribution in [0.4, 0.5) is 11.4 Å². The molecule has 0 saturated carbocycles. The molecule has 0 saturated heterocycles. The van der Waals surface area contributed by atoms with E-state index in [0.29, 0.717) is 0 Å². The summed E-state index contributed by atoms with van der Waals surface area (Å²) < 4.78 is 0. The van der Waals surface area contributed by atoms with E-state index in [2.05, 4.69) is 48.4 Å². The predicted molar refractivity (Wildman–Crippen MR) is 76.6 cm³/mol. The summed E-state index contributed by atoms with van der Waals surface area (Å²) in [5, 5.41) is 2.12. The van der Waals surface area contributed by atoms with E-state index in [0.717, 1.165) is 18.8 Å². The van der Waals surface area contributed by atoms with Crippen molar-refractivity contribution >= 4 is 22.7 Å². The van der Waals surface area contributed by atoms with Crippen LogP contribution in [0.5, 0.6) is 0 Å². The van der Waals surface area contributed by atoms with Crippen molar-refractivity contribution in [3.8, 4) is 0 Å². The number of benzene rings is 1.